The Bertz CT molecular complexity index is 466. The highest BCUT2D eigenvalue weighted by atomic mass is 14.6. The predicted octanol–water partition coefficient (Wildman–Crippen LogP) is 4.95. The second kappa shape index (κ2) is 5.81. The fraction of sp³-hybridized carbons (Fsp3) is 0.438. The molecule has 0 radical (unpaired) electrons. The molecule has 0 aliphatic rings. The highest BCUT2D eigenvalue weighted by Crippen LogP contribution is 2.32. The van der Waals surface area contributed by atoms with Crippen molar-refractivity contribution in [2.45, 2.75) is 46.5 Å². The number of nitrogens with zero attached hydrogens (tertiary/aromatic N) is 1. The zero-order valence-electron chi connectivity index (χ0n) is 11.6. The Morgan fingerprint density at radius 2 is 1.82 bits per heavy atom. The summed E-state index contributed by atoms with van der Waals surface area (Å²) < 4.78 is 0. The van der Waals surface area contributed by atoms with Gasteiger partial charge in [0.2, 0.25) is 0 Å². The largest absolute Gasteiger partial charge is 0.264 e. The highest BCUT2D eigenvalue weighted by Gasteiger charge is 2.19. The van der Waals surface area contributed by atoms with Gasteiger partial charge in [-0.25, -0.2) is 0 Å². The van der Waals surface area contributed by atoms with Crippen molar-refractivity contribution in [1.82, 2.24) is 4.98 Å². The molecule has 1 aromatic carbocycles. The molecule has 1 nitrogen and oxygen atoms in total. The van der Waals surface area contributed by atoms with Crippen molar-refractivity contribution < 1.29 is 0 Å². The molecule has 0 saturated heterocycles. The van der Waals surface area contributed by atoms with Gasteiger partial charge in [-0.2, -0.15) is 0 Å². The molecule has 0 saturated carbocycles. The van der Waals surface area contributed by atoms with Gasteiger partial charge < -0.3 is 0 Å². The number of hydrogen-bond acceptors (Lipinski definition) is 1. The maximum Gasteiger partial charge on any atom is 0.0349 e. The summed E-state index contributed by atoms with van der Waals surface area (Å²) >= 11 is 0. The van der Waals surface area contributed by atoms with E-state index in [0.717, 1.165) is 6.42 Å². The molecule has 0 bridgehead atoms. The van der Waals surface area contributed by atoms with E-state index in [1.54, 1.807) is 0 Å². The van der Waals surface area contributed by atoms with Crippen LogP contribution in [0.5, 0.6) is 0 Å². The molecular formula is C16H23N. The van der Waals surface area contributed by atoms with Gasteiger partial charge >= 0.3 is 0 Å². The van der Waals surface area contributed by atoms with Crippen molar-refractivity contribution in [3.05, 3.63) is 42.2 Å². The third-order valence-electron chi connectivity index (χ3n) is 3.30. The van der Waals surface area contributed by atoms with Gasteiger partial charge in [-0.3, -0.25) is 4.98 Å². The number of fused-ring (bicyclic) bond motifs is 1. The summed E-state index contributed by atoms with van der Waals surface area (Å²) in [6.45, 7) is 10.8. The minimum atomic E-state index is 0.225. The van der Waals surface area contributed by atoms with Gasteiger partial charge in [-0.1, -0.05) is 52.8 Å². The lowest BCUT2D eigenvalue weighted by atomic mass is 9.80. The molecule has 92 valence electrons. The molecule has 0 N–H and O–H groups in total. The molecule has 0 amide bonds. The first kappa shape index (κ1) is 13.7. The minimum absolute atomic E-state index is 0.225. The number of rotatable bonds is 2. The van der Waals surface area contributed by atoms with Crippen LogP contribution in [0.2, 0.25) is 0 Å². The molecule has 1 heteroatoms. The zero-order valence-corrected chi connectivity index (χ0v) is 11.6. The fourth-order valence-corrected chi connectivity index (χ4v) is 1.89. The predicted molar refractivity (Wildman–Crippen MR) is 76.4 cm³/mol. The standard InChI is InChI=1S/C14H17N.C2H6/c1-4-14(2,3)13-7-5-6-11-8-9-15-10-12(11)13;1-2/h5-10H,4H2,1-3H3;1-2H3. The molecule has 0 fully saturated rings. The van der Waals surface area contributed by atoms with Crippen LogP contribution in [0.1, 0.15) is 46.6 Å². The average Bonchev–Trinajstić information content (AvgIpc) is 2.40. The van der Waals surface area contributed by atoms with Crippen LogP contribution in [-0.2, 0) is 5.41 Å². The van der Waals surface area contributed by atoms with Gasteiger partial charge in [0.05, 0.1) is 0 Å². The highest BCUT2D eigenvalue weighted by molar-refractivity contribution is 5.85. The van der Waals surface area contributed by atoms with E-state index in [1.165, 1.54) is 16.3 Å². The first-order valence-corrected chi connectivity index (χ1v) is 6.48. The first-order valence-electron chi connectivity index (χ1n) is 6.48. The topological polar surface area (TPSA) is 12.9 Å². The van der Waals surface area contributed by atoms with E-state index >= 15 is 0 Å². The molecule has 2 aromatic rings. The Balaban J connectivity index is 0.000000686. The number of hydrogen-bond donors (Lipinski definition) is 0. The number of pyridine rings is 1. The van der Waals surface area contributed by atoms with Crippen LogP contribution >= 0.6 is 0 Å². The van der Waals surface area contributed by atoms with Crippen molar-refractivity contribution >= 4 is 10.8 Å². The second-order valence-corrected chi connectivity index (χ2v) is 4.64. The lowest BCUT2D eigenvalue weighted by Crippen LogP contribution is -2.15. The molecule has 0 spiro atoms. The van der Waals surface area contributed by atoms with Crippen molar-refractivity contribution in [3.63, 3.8) is 0 Å². The van der Waals surface area contributed by atoms with E-state index < -0.39 is 0 Å². The van der Waals surface area contributed by atoms with Crippen LogP contribution < -0.4 is 0 Å². The van der Waals surface area contributed by atoms with E-state index in [4.69, 9.17) is 0 Å². The molecule has 1 aromatic heterocycles. The van der Waals surface area contributed by atoms with Gasteiger partial charge in [0.15, 0.2) is 0 Å². The Kier molecular flexibility index (Phi) is 4.68. The van der Waals surface area contributed by atoms with E-state index in [9.17, 15) is 0 Å². The smallest absolute Gasteiger partial charge is 0.0349 e. The SMILES string of the molecule is CC.CCC(C)(C)c1cccc2ccncc12. The van der Waals surface area contributed by atoms with Gasteiger partial charge in [-0.05, 0) is 28.9 Å². The van der Waals surface area contributed by atoms with Crippen molar-refractivity contribution in [1.29, 1.82) is 0 Å². The maximum absolute atomic E-state index is 4.22. The summed E-state index contributed by atoms with van der Waals surface area (Å²) in [5.74, 6) is 0. The van der Waals surface area contributed by atoms with Crippen molar-refractivity contribution in [2.24, 2.45) is 0 Å². The fourth-order valence-electron chi connectivity index (χ4n) is 1.89. The van der Waals surface area contributed by atoms with E-state index in [1.807, 2.05) is 26.2 Å². The normalized spacial score (nSPS) is 10.9. The van der Waals surface area contributed by atoms with Gasteiger partial charge in [0.25, 0.3) is 0 Å². The van der Waals surface area contributed by atoms with Gasteiger partial charge in [-0.15, -0.1) is 0 Å². The summed E-state index contributed by atoms with van der Waals surface area (Å²) in [7, 11) is 0. The third-order valence-corrected chi connectivity index (χ3v) is 3.30. The van der Waals surface area contributed by atoms with Crippen LogP contribution in [0.25, 0.3) is 10.8 Å². The molecule has 0 atom stereocenters. The summed E-state index contributed by atoms with van der Waals surface area (Å²) in [5.41, 5.74) is 1.62. The third kappa shape index (κ3) is 2.85. The zero-order chi connectivity index (χ0) is 12.9. The maximum atomic E-state index is 4.22. The first-order chi connectivity index (χ1) is 8.15. The summed E-state index contributed by atoms with van der Waals surface area (Å²) in [5, 5.41) is 2.57. The van der Waals surface area contributed by atoms with E-state index in [-0.39, 0.29) is 5.41 Å². The Labute approximate surface area is 105 Å². The number of aromatic nitrogens is 1. The summed E-state index contributed by atoms with van der Waals surface area (Å²) in [4.78, 5) is 4.22. The Morgan fingerprint density at radius 3 is 2.47 bits per heavy atom. The van der Waals surface area contributed by atoms with Crippen LogP contribution in [0, 0.1) is 0 Å². The monoisotopic (exact) mass is 229 g/mol. The number of benzene rings is 1. The van der Waals surface area contributed by atoms with Crippen LogP contribution in [-0.4, -0.2) is 4.98 Å². The molecular weight excluding hydrogens is 206 g/mol. The molecule has 1 heterocycles. The van der Waals surface area contributed by atoms with Crippen LogP contribution in [0.4, 0.5) is 0 Å². The van der Waals surface area contributed by atoms with Crippen LogP contribution in [0.3, 0.4) is 0 Å². The summed E-state index contributed by atoms with van der Waals surface area (Å²) in [6, 6.07) is 8.57. The second-order valence-electron chi connectivity index (χ2n) is 4.64. The molecule has 0 unspecified atom stereocenters. The summed E-state index contributed by atoms with van der Waals surface area (Å²) in [6.07, 6.45) is 4.97. The molecule has 2 rings (SSSR count). The molecule has 0 aliphatic carbocycles. The van der Waals surface area contributed by atoms with Crippen molar-refractivity contribution in [2.75, 3.05) is 0 Å². The lowest BCUT2D eigenvalue weighted by molar-refractivity contribution is 0.510. The molecule has 17 heavy (non-hydrogen) atoms. The average molecular weight is 229 g/mol. The van der Waals surface area contributed by atoms with E-state index in [0.29, 0.717) is 0 Å². The quantitative estimate of drug-likeness (QED) is 0.710. The minimum Gasteiger partial charge on any atom is -0.264 e. The van der Waals surface area contributed by atoms with Gasteiger partial charge in [0.1, 0.15) is 0 Å². The lowest BCUT2D eigenvalue weighted by Gasteiger charge is -2.24. The van der Waals surface area contributed by atoms with E-state index in [2.05, 4.69) is 50.0 Å². The van der Waals surface area contributed by atoms with Crippen molar-refractivity contribution in [3.8, 4) is 0 Å². The van der Waals surface area contributed by atoms with Gasteiger partial charge in [0, 0.05) is 17.8 Å². The Hall–Kier alpha value is -1.37. The molecule has 0 aliphatic heterocycles. The van der Waals surface area contributed by atoms with Crippen LogP contribution in [0.15, 0.2) is 36.7 Å². The Morgan fingerprint density at radius 1 is 1.12 bits per heavy atom.